The molecule has 3 amide bonds. The first-order valence-corrected chi connectivity index (χ1v) is 13.2. The van der Waals surface area contributed by atoms with E-state index >= 15 is 0 Å². The summed E-state index contributed by atoms with van der Waals surface area (Å²) in [6, 6.07) is 6.24. The zero-order valence-corrected chi connectivity index (χ0v) is 23.4. The minimum atomic E-state index is -1.16. The van der Waals surface area contributed by atoms with Gasteiger partial charge in [0.05, 0.1) is 11.2 Å². The van der Waals surface area contributed by atoms with Crippen LogP contribution in [-0.2, 0) is 33.4 Å². The molecule has 212 valence electrons. The van der Waals surface area contributed by atoms with Crippen LogP contribution in [0.4, 0.5) is 4.79 Å². The maximum absolute atomic E-state index is 13.3. The minimum Gasteiger partial charge on any atom is -0.509 e. The van der Waals surface area contributed by atoms with E-state index in [0.29, 0.717) is 5.56 Å². The fraction of sp³-hybridized carbons (Fsp3) is 0.500. The van der Waals surface area contributed by atoms with Crippen LogP contribution in [0.5, 0.6) is 0 Å². The van der Waals surface area contributed by atoms with Crippen LogP contribution in [0.3, 0.4) is 0 Å². The molecule has 0 saturated carbocycles. The molecule has 1 saturated heterocycles. The van der Waals surface area contributed by atoms with Crippen molar-refractivity contribution in [3.8, 4) is 0 Å². The van der Waals surface area contributed by atoms with Gasteiger partial charge in [-0.2, -0.15) is 0 Å². The minimum absolute atomic E-state index is 0.0225. The third kappa shape index (κ3) is 7.22. The van der Waals surface area contributed by atoms with Gasteiger partial charge in [-0.15, -0.1) is 11.8 Å². The van der Waals surface area contributed by atoms with E-state index in [1.165, 1.54) is 0 Å². The van der Waals surface area contributed by atoms with Crippen molar-refractivity contribution in [3.05, 3.63) is 47.4 Å². The highest BCUT2D eigenvalue weighted by Crippen LogP contribution is 2.40. The Morgan fingerprint density at radius 1 is 1.08 bits per heavy atom. The number of fused-ring (bicyclic) bond motifs is 1. The zero-order valence-electron chi connectivity index (χ0n) is 22.6. The molecule has 2 aliphatic rings. The summed E-state index contributed by atoms with van der Waals surface area (Å²) >= 11 is 1.13. The number of esters is 2. The molecule has 3 rings (SSSR count). The van der Waals surface area contributed by atoms with Crippen LogP contribution in [0.1, 0.15) is 53.1 Å². The highest BCUT2D eigenvalue weighted by atomic mass is 32.2. The molecule has 0 spiro atoms. The fourth-order valence-corrected chi connectivity index (χ4v) is 4.82. The Bertz CT molecular complexity index is 1170. The maximum Gasteiger partial charge on any atom is 0.408 e. The largest absolute Gasteiger partial charge is 0.509 e. The lowest BCUT2D eigenvalue weighted by Crippen LogP contribution is -2.71. The van der Waals surface area contributed by atoms with Crippen molar-refractivity contribution in [2.24, 2.45) is 5.41 Å². The van der Waals surface area contributed by atoms with E-state index in [0.717, 1.165) is 16.7 Å². The molecule has 0 aliphatic carbocycles. The van der Waals surface area contributed by atoms with Crippen LogP contribution < -0.4 is 10.6 Å². The smallest absolute Gasteiger partial charge is 0.408 e. The zero-order chi connectivity index (χ0) is 29.1. The topological polar surface area (TPSA) is 161 Å². The molecule has 2 heterocycles. The average Bonchev–Trinajstić information content (AvgIpc) is 2.84. The van der Waals surface area contributed by atoms with E-state index in [1.807, 2.05) is 0 Å². The number of nitrogens with zero attached hydrogens (tertiary/aromatic N) is 1. The Balaban J connectivity index is 1.69. The highest BCUT2D eigenvalue weighted by molar-refractivity contribution is 8.00. The standard InChI is InChI=1S/C26H33N3O9S/c1-25(2,3)23(34)37-13-36-22(33)18-15(30)12-39-21-17(20(32)29(18)21)27-19(31)16(14-10-8-7-9-11-14)28-24(35)38-26(4,5)6/h7-11,16-17,21,30H,12-13H2,1-6H3,(H,27,31)(H,28,35)/t16?,17?,21-/m0/s1. The predicted octanol–water partition coefficient (Wildman–Crippen LogP) is 2.51. The first kappa shape index (κ1) is 29.8. The summed E-state index contributed by atoms with van der Waals surface area (Å²) in [5, 5.41) is 14.8. The predicted molar refractivity (Wildman–Crippen MR) is 140 cm³/mol. The fourth-order valence-electron chi connectivity index (χ4n) is 3.62. The number of aliphatic hydroxyl groups excluding tert-OH is 1. The number of rotatable bonds is 7. The van der Waals surface area contributed by atoms with E-state index in [-0.39, 0.29) is 17.2 Å². The van der Waals surface area contributed by atoms with Gasteiger partial charge in [0.1, 0.15) is 28.8 Å². The van der Waals surface area contributed by atoms with Gasteiger partial charge < -0.3 is 30.0 Å². The lowest BCUT2D eigenvalue weighted by Gasteiger charge is -2.49. The van der Waals surface area contributed by atoms with Crippen molar-refractivity contribution in [3.63, 3.8) is 0 Å². The van der Waals surface area contributed by atoms with Crippen LogP contribution in [-0.4, -0.2) is 69.4 Å². The molecule has 13 heteroatoms. The van der Waals surface area contributed by atoms with Crippen molar-refractivity contribution >= 4 is 41.6 Å². The third-order valence-corrected chi connectivity index (χ3v) is 6.75. The number of benzene rings is 1. The normalized spacial score (nSPS) is 19.7. The first-order chi connectivity index (χ1) is 18.1. The number of aliphatic hydroxyl groups is 1. The van der Waals surface area contributed by atoms with Gasteiger partial charge in [-0.25, -0.2) is 9.59 Å². The molecule has 2 aliphatic heterocycles. The second-order valence-electron chi connectivity index (χ2n) is 10.9. The Morgan fingerprint density at radius 2 is 1.72 bits per heavy atom. The van der Waals surface area contributed by atoms with Crippen LogP contribution in [0.2, 0.25) is 0 Å². The van der Waals surface area contributed by atoms with Gasteiger partial charge in [-0.3, -0.25) is 19.3 Å². The molecule has 3 N–H and O–H groups in total. The van der Waals surface area contributed by atoms with Crippen molar-refractivity contribution in [2.75, 3.05) is 12.5 Å². The molecule has 0 aromatic heterocycles. The summed E-state index contributed by atoms with van der Waals surface area (Å²) in [6.07, 6.45) is -0.815. The monoisotopic (exact) mass is 563 g/mol. The lowest BCUT2D eigenvalue weighted by molar-refractivity contribution is -0.173. The van der Waals surface area contributed by atoms with Crippen molar-refractivity contribution in [1.82, 2.24) is 15.5 Å². The molecular formula is C26H33N3O9S. The Hall–Kier alpha value is -3.74. The summed E-state index contributed by atoms with van der Waals surface area (Å²) in [6.45, 7) is 9.26. The average molecular weight is 564 g/mol. The lowest BCUT2D eigenvalue weighted by atomic mass is 9.98. The molecule has 12 nitrogen and oxygen atoms in total. The molecule has 3 atom stereocenters. The van der Waals surface area contributed by atoms with E-state index < -0.39 is 65.1 Å². The van der Waals surface area contributed by atoms with Gasteiger partial charge in [0.25, 0.3) is 5.91 Å². The number of thioether (sulfide) groups is 1. The van der Waals surface area contributed by atoms with E-state index in [2.05, 4.69) is 10.6 Å². The number of ether oxygens (including phenoxy) is 3. The second kappa shape index (κ2) is 11.6. The molecular weight excluding hydrogens is 530 g/mol. The van der Waals surface area contributed by atoms with Gasteiger partial charge in [-0.1, -0.05) is 30.3 Å². The summed E-state index contributed by atoms with van der Waals surface area (Å²) < 4.78 is 15.2. The molecule has 1 fully saturated rings. The van der Waals surface area contributed by atoms with Crippen molar-refractivity contribution < 1.29 is 43.3 Å². The van der Waals surface area contributed by atoms with Crippen molar-refractivity contribution in [2.45, 2.75) is 64.6 Å². The number of β-lactam (4-membered cyclic amide) rings is 1. The van der Waals surface area contributed by atoms with E-state index in [4.69, 9.17) is 14.2 Å². The summed E-state index contributed by atoms with van der Waals surface area (Å²) in [5.74, 6) is -3.37. The number of carbonyl (C=O) groups is 5. The Morgan fingerprint density at radius 3 is 2.31 bits per heavy atom. The van der Waals surface area contributed by atoms with Gasteiger partial charge >= 0.3 is 18.0 Å². The number of hydrogen-bond donors (Lipinski definition) is 3. The van der Waals surface area contributed by atoms with Crippen LogP contribution in [0.25, 0.3) is 0 Å². The van der Waals surface area contributed by atoms with Gasteiger partial charge in [0.2, 0.25) is 12.7 Å². The van der Waals surface area contributed by atoms with Crippen LogP contribution >= 0.6 is 11.8 Å². The maximum atomic E-state index is 13.3. The number of carbonyl (C=O) groups excluding carboxylic acids is 5. The number of nitrogens with one attached hydrogen (secondary N) is 2. The third-order valence-electron chi connectivity index (χ3n) is 5.49. The molecule has 1 aromatic rings. The summed E-state index contributed by atoms with van der Waals surface area (Å²) in [7, 11) is 0. The highest BCUT2D eigenvalue weighted by Gasteiger charge is 2.55. The molecule has 39 heavy (non-hydrogen) atoms. The van der Waals surface area contributed by atoms with Crippen molar-refractivity contribution in [1.29, 1.82) is 0 Å². The first-order valence-electron chi connectivity index (χ1n) is 12.2. The van der Waals surface area contributed by atoms with Gasteiger partial charge in [0, 0.05) is 0 Å². The quantitative estimate of drug-likeness (QED) is 0.255. The summed E-state index contributed by atoms with van der Waals surface area (Å²) in [5.41, 5.74) is -1.52. The molecule has 0 bridgehead atoms. The molecule has 2 unspecified atom stereocenters. The molecule has 0 radical (unpaired) electrons. The molecule has 1 aromatic carbocycles. The van der Waals surface area contributed by atoms with Gasteiger partial charge in [-0.05, 0) is 47.1 Å². The SMILES string of the molecule is CC(C)(C)OC(=O)NC(C(=O)NC1C(=O)N2C(C(=O)OCOC(=O)C(C)(C)C)=C(O)CS[C@@H]12)c1ccccc1. The number of hydrogen-bond acceptors (Lipinski definition) is 10. The van der Waals surface area contributed by atoms with Crippen LogP contribution in [0, 0.1) is 5.41 Å². The Kier molecular flexibility index (Phi) is 8.84. The summed E-state index contributed by atoms with van der Waals surface area (Å²) in [4.78, 5) is 64.3. The number of alkyl carbamates (subject to hydrolysis) is 1. The second-order valence-corrected chi connectivity index (χ2v) is 12.0. The Labute approximate surface area is 230 Å². The van der Waals surface area contributed by atoms with Crippen LogP contribution in [0.15, 0.2) is 41.8 Å². The van der Waals surface area contributed by atoms with E-state index in [9.17, 15) is 29.1 Å². The van der Waals surface area contributed by atoms with Gasteiger partial charge in [0.15, 0.2) is 5.70 Å². The van der Waals surface area contributed by atoms with E-state index in [1.54, 1.807) is 71.9 Å². The number of amides is 3.